The largest absolute Gasteiger partial charge is 0.370 e. The van der Waals surface area contributed by atoms with Gasteiger partial charge in [-0.1, -0.05) is 48.9 Å². The predicted molar refractivity (Wildman–Crippen MR) is 91.6 cm³/mol. The minimum absolute atomic E-state index is 0.823. The van der Waals surface area contributed by atoms with Crippen LogP contribution in [-0.4, -0.2) is 43.9 Å². The van der Waals surface area contributed by atoms with E-state index in [0.717, 1.165) is 49.4 Å². The van der Waals surface area contributed by atoms with E-state index in [9.17, 15) is 0 Å². The second kappa shape index (κ2) is 6.79. The molecule has 0 radical (unpaired) electrons. The molecule has 2 nitrogen and oxygen atoms in total. The van der Waals surface area contributed by atoms with E-state index in [1.807, 2.05) is 6.08 Å². The summed E-state index contributed by atoms with van der Waals surface area (Å²) in [6, 6.07) is 14.7. The first-order valence-corrected chi connectivity index (χ1v) is 7.83. The lowest BCUT2D eigenvalue weighted by Crippen LogP contribution is -2.55. The monoisotopic (exact) mass is 292 g/mol. The third kappa shape index (κ3) is 3.22. The third-order valence-electron chi connectivity index (χ3n) is 4.36. The fourth-order valence-electron chi connectivity index (χ4n) is 3.05. The fourth-order valence-corrected chi connectivity index (χ4v) is 3.05. The van der Waals surface area contributed by atoms with Gasteiger partial charge in [0.15, 0.2) is 0 Å². The molecule has 22 heavy (non-hydrogen) atoms. The van der Waals surface area contributed by atoms with Crippen LogP contribution in [0.2, 0.25) is 0 Å². The molecule has 1 saturated heterocycles. The Kier molecular flexibility index (Phi) is 4.58. The molecule has 2 heteroatoms. The lowest BCUT2D eigenvalue weighted by Gasteiger charge is -2.39. The SMILES string of the molecule is C=CC[N+]1(CC#Cc2cccc3ccccc23)CCOCC1. The van der Waals surface area contributed by atoms with Gasteiger partial charge in [-0.25, -0.2) is 0 Å². The summed E-state index contributed by atoms with van der Waals surface area (Å²) in [5.41, 5.74) is 1.11. The first kappa shape index (κ1) is 14.8. The summed E-state index contributed by atoms with van der Waals surface area (Å²) < 4.78 is 6.47. The molecule has 0 spiro atoms. The molecule has 2 aromatic rings. The number of rotatable bonds is 3. The molecule has 0 aliphatic carbocycles. The van der Waals surface area contributed by atoms with Crippen LogP contribution in [0.15, 0.2) is 55.1 Å². The number of morpholine rings is 1. The van der Waals surface area contributed by atoms with Crippen molar-refractivity contribution in [3.05, 3.63) is 60.7 Å². The Morgan fingerprint density at radius 2 is 1.86 bits per heavy atom. The summed E-state index contributed by atoms with van der Waals surface area (Å²) in [7, 11) is 0. The van der Waals surface area contributed by atoms with Crippen molar-refractivity contribution < 1.29 is 9.22 Å². The van der Waals surface area contributed by atoms with Crippen LogP contribution in [0.3, 0.4) is 0 Å². The van der Waals surface area contributed by atoms with Gasteiger partial charge < -0.3 is 9.22 Å². The van der Waals surface area contributed by atoms with E-state index >= 15 is 0 Å². The molecule has 0 unspecified atom stereocenters. The lowest BCUT2D eigenvalue weighted by molar-refractivity contribution is -0.923. The molecule has 1 fully saturated rings. The van der Waals surface area contributed by atoms with Crippen molar-refractivity contribution in [2.45, 2.75) is 0 Å². The van der Waals surface area contributed by atoms with E-state index < -0.39 is 0 Å². The Morgan fingerprint density at radius 3 is 2.68 bits per heavy atom. The van der Waals surface area contributed by atoms with E-state index in [1.165, 1.54) is 10.8 Å². The van der Waals surface area contributed by atoms with Gasteiger partial charge in [0.25, 0.3) is 0 Å². The van der Waals surface area contributed by atoms with Crippen LogP contribution < -0.4 is 0 Å². The van der Waals surface area contributed by atoms with Gasteiger partial charge in [-0.2, -0.15) is 0 Å². The molecule has 1 aliphatic heterocycles. The quantitative estimate of drug-likeness (QED) is 0.479. The summed E-state index contributed by atoms with van der Waals surface area (Å²) in [5, 5.41) is 2.48. The molecule has 1 heterocycles. The lowest BCUT2D eigenvalue weighted by atomic mass is 10.1. The van der Waals surface area contributed by atoms with Crippen LogP contribution in [0, 0.1) is 11.8 Å². The molecule has 0 atom stereocenters. The van der Waals surface area contributed by atoms with Gasteiger partial charge in [0.1, 0.15) is 19.6 Å². The second-order valence-corrected chi connectivity index (χ2v) is 5.86. The van der Waals surface area contributed by atoms with Gasteiger partial charge >= 0.3 is 0 Å². The standard InChI is InChI=1S/C20H22NO/c1-2-12-21(14-16-22-17-15-21)13-6-10-19-9-5-8-18-7-3-4-11-20(18)19/h2-5,7-9,11H,1,12-17H2/q+1. The van der Waals surface area contributed by atoms with Gasteiger partial charge in [0.2, 0.25) is 0 Å². The zero-order chi connectivity index (χ0) is 15.3. The highest BCUT2D eigenvalue weighted by Crippen LogP contribution is 2.17. The van der Waals surface area contributed by atoms with Crippen molar-refractivity contribution in [3.63, 3.8) is 0 Å². The van der Waals surface area contributed by atoms with E-state index in [-0.39, 0.29) is 0 Å². The fraction of sp³-hybridized carbons (Fsp3) is 0.300. The highest BCUT2D eigenvalue weighted by atomic mass is 16.5. The minimum atomic E-state index is 0.823. The van der Waals surface area contributed by atoms with E-state index in [2.05, 4.69) is 60.9 Å². The van der Waals surface area contributed by atoms with Crippen molar-refractivity contribution in [2.75, 3.05) is 39.4 Å². The number of hydrogen-bond donors (Lipinski definition) is 0. The Labute approximate surface area is 132 Å². The molecule has 3 rings (SSSR count). The molecule has 0 N–H and O–H groups in total. The van der Waals surface area contributed by atoms with Gasteiger partial charge in [-0.05, 0) is 28.8 Å². The number of quaternary nitrogens is 1. The molecule has 0 aromatic heterocycles. The van der Waals surface area contributed by atoms with Crippen LogP contribution in [-0.2, 0) is 4.74 Å². The summed E-state index contributed by atoms with van der Waals surface area (Å²) >= 11 is 0. The highest BCUT2D eigenvalue weighted by Gasteiger charge is 2.27. The molecule has 112 valence electrons. The summed E-state index contributed by atoms with van der Waals surface area (Å²) in [4.78, 5) is 0. The summed E-state index contributed by atoms with van der Waals surface area (Å²) in [6.45, 7) is 9.42. The van der Waals surface area contributed by atoms with Gasteiger partial charge in [0.05, 0.1) is 19.8 Å². The maximum absolute atomic E-state index is 5.50. The first-order valence-electron chi connectivity index (χ1n) is 7.83. The van der Waals surface area contributed by atoms with Crippen LogP contribution in [0.5, 0.6) is 0 Å². The van der Waals surface area contributed by atoms with Crippen molar-refractivity contribution in [1.29, 1.82) is 0 Å². The highest BCUT2D eigenvalue weighted by molar-refractivity contribution is 5.88. The van der Waals surface area contributed by atoms with E-state index in [4.69, 9.17) is 4.74 Å². The van der Waals surface area contributed by atoms with Gasteiger partial charge in [-0.15, -0.1) is 0 Å². The molecule has 0 bridgehead atoms. The summed E-state index contributed by atoms with van der Waals surface area (Å²) in [6.07, 6.45) is 2.00. The number of benzene rings is 2. The van der Waals surface area contributed by atoms with E-state index in [1.54, 1.807) is 0 Å². The maximum Gasteiger partial charge on any atom is 0.141 e. The van der Waals surface area contributed by atoms with Crippen LogP contribution in [0.4, 0.5) is 0 Å². The van der Waals surface area contributed by atoms with Crippen molar-refractivity contribution in [1.82, 2.24) is 0 Å². The normalized spacial score (nSPS) is 16.7. The Balaban J connectivity index is 1.83. The first-order chi connectivity index (χ1) is 10.8. The number of nitrogens with zero attached hydrogens (tertiary/aromatic N) is 1. The Morgan fingerprint density at radius 1 is 1.09 bits per heavy atom. The van der Waals surface area contributed by atoms with Crippen LogP contribution >= 0.6 is 0 Å². The maximum atomic E-state index is 5.50. The zero-order valence-corrected chi connectivity index (χ0v) is 12.9. The topological polar surface area (TPSA) is 9.23 Å². The average molecular weight is 292 g/mol. The predicted octanol–water partition coefficient (Wildman–Crippen LogP) is 3.22. The van der Waals surface area contributed by atoms with Crippen molar-refractivity contribution in [2.24, 2.45) is 0 Å². The molecule has 0 saturated carbocycles. The van der Waals surface area contributed by atoms with E-state index in [0.29, 0.717) is 0 Å². The van der Waals surface area contributed by atoms with Gasteiger partial charge in [-0.3, -0.25) is 0 Å². The molecular weight excluding hydrogens is 270 g/mol. The number of ether oxygens (including phenoxy) is 1. The Bertz CT molecular complexity index is 712. The molecule has 0 amide bonds. The Hall–Kier alpha value is -2.08. The molecule has 2 aromatic carbocycles. The minimum Gasteiger partial charge on any atom is -0.370 e. The second-order valence-electron chi connectivity index (χ2n) is 5.86. The summed E-state index contributed by atoms with van der Waals surface area (Å²) in [5.74, 6) is 6.79. The molecule has 1 aliphatic rings. The van der Waals surface area contributed by atoms with Crippen molar-refractivity contribution in [3.8, 4) is 11.8 Å². The third-order valence-corrected chi connectivity index (χ3v) is 4.36. The average Bonchev–Trinajstić information content (AvgIpc) is 2.56. The zero-order valence-electron chi connectivity index (χ0n) is 12.9. The van der Waals surface area contributed by atoms with Crippen LogP contribution in [0.1, 0.15) is 5.56 Å². The number of hydrogen-bond acceptors (Lipinski definition) is 1. The number of fused-ring (bicyclic) bond motifs is 1. The smallest absolute Gasteiger partial charge is 0.141 e. The molecular formula is C20H22NO+. The van der Waals surface area contributed by atoms with Crippen molar-refractivity contribution >= 4 is 10.8 Å². The van der Waals surface area contributed by atoms with Crippen LogP contribution in [0.25, 0.3) is 10.8 Å². The van der Waals surface area contributed by atoms with Gasteiger partial charge in [0, 0.05) is 5.56 Å².